The van der Waals surface area contributed by atoms with Gasteiger partial charge in [-0.05, 0) is 73.4 Å². The van der Waals surface area contributed by atoms with Crippen LogP contribution < -0.4 is 5.32 Å². The summed E-state index contributed by atoms with van der Waals surface area (Å²) >= 11 is 6.27. The predicted molar refractivity (Wildman–Crippen MR) is 152 cm³/mol. The van der Waals surface area contributed by atoms with Gasteiger partial charge in [0.15, 0.2) is 27.3 Å². The average molecular weight is 675 g/mol. The van der Waals surface area contributed by atoms with Crippen molar-refractivity contribution in [3.05, 3.63) is 93.8 Å². The maximum absolute atomic E-state index is 13.9. The molecule has 0 aliphatic heterocycles. The van der Waals surface area contributed by atoms with Crippen LogP contribution >= 0.6 is 11.6 Å². The number of sulfone groups is 1. The van der Waals surface area contributed by atoms with Gasteiger partial charge in [0.2, 0.25) is 0 Å². The Hall–Kier alpha value is -3.62. The molecular weight excluding hydrogens is 650 g/mol. The molecule has 0 radical (unpaired) electrons. The van der Waals surface area contributed by atoms with E-state index in [1.807, 2.05) is 0 Å². The van der Waals surface area contributed by atoms with Gasteiger partial charge in [0.05, 0.1) is 26.9 Å². The van der Waals surface area contributed by atoms with Gasteiger partial charge in [-0.1, -0.05) is 28.9 Å². The van der Waals surface area contributed by atoms with Gasteiger partial charge in [-0.15, -0.1) is 0 Å². The van der Waals surface area contributed by atoms with Crippen molar-refractivity contribution in [2.45, 2.75) is 54.2 Å². The number of hydrogen-bond acceptors (Lipinski definition) is 6. The lowest BCUT2D eigenvalue weighted by Crippen LogP contribution is -2.47. The van der Waals surface area contributed by atoms with Gasteiger partial charge in [0.1, 0.15) is 12.2 Å². The van der Waals surface area contributed by atoms with Gasteiger partial charge >= 0.3 is 6.18 Å². The Bertz CT molecular complexity index is 1710. The Balaban J connectivity index is 1.27. The van der Waals surface area contributed by atoms with Crippen LogP contribution in [-0.2, 0) is 27.5 Å². The predicted octanol–water partition coefficient (Wildman–Crippen LogP) is 6.92. The monoisotopic (exact) mass is 674 g/mol. The summed E-state index contributed by atoms with van der Waals surface area (Å²) in [6.45, 7) is -0.151. The zero-order valence-corrected chi connectivity index (χ0v) is 24.7. The van der Waals surface area contributed by atoms with Crippen molar-refractivity contribution in [3.63, 3.8) is 0 Å². The maximum Gasteiger partial charge on any atom is 0.416 e. The topological polar surface area (TPSA) is 105 Å². The molecule has 2 unspecified atom stereocenters. The number of fused-ring (bicyclic) bond motifs is 2. The van der Waals surface area contributed by atoms with Crippen molar-refractivity contribution in [1.29, 1.82) is 0 Å². The zero-order valence-electron chi connectivity index (χ0n) is 23.1. The minimum absolute atomic E-state index is 0.0278. The number of rotatable bonds is 8. The molecule has 2 fully saturated rings. The van der Waals surface area contributed by atoms with Crippen molar-refractivity contribution < 1.29 is 49.5 Å². The first-order valence-electron chi connectivity index (χ1n) is 13.6. The SMILES string of the molecule is O=C(Nc1cc(F)c(F)c(F)c1)c1ccc(Cl)c(S(=O)(=O)[C@H]2C3CCC2C[C@](O)(/C=N/OCc2ccc(C(F)(F)F)cc2)C3)c1. The van der Waals surface area contributed by atoms with E-state index in [0.29, 0.717) is 30.5 Å². The second-order valence-corrected chi connectivity index (χ2v) is 13.7. The van der Waals surface area contributed by atoms with Gasteiger partial charge in [-0.3, -0.25) is 4.79 Å². The number of benzene rings is 3. The van der Waals surface area contributed by atoms with Crippen molar-refractivity contribution in [2.24, 2.45) is 17.0 Å². The third kappa shape index (κ3) is 6.97. The van der Waals surface area contributed by atoms with Gasteiger partial charge in [0.25, 0.3) is 5.91 Å². The van der Waals surface area contributed by atoms with Crippen LogP contribution in [0.25, 0.3) is 0 Å². The maximum atomic E-state index is 13.9. The Kier molecular flexibility index (Phi) is 8.95. The summed E-state index contributed by atoms with van der Waals surface area (Å²) in [5, 5.41) is 16.1. The standard InChI is InChI=1S/C30H25ClF6N2O5S/c31-22-8-5-17(28(40)39-21-10-23(32)26(34)24(33)11-21)9-25(22)45(42,43)27-18-3-4-19(27)13-29(41,12-18)15-38-44-14-16-1-6-20(7-2-16)30(35,36)37/h1-2,5-11,15,18-19,27,41H,3-4,12-14H2,(H,39,40)/b38-15+/t18?,19?,27-,29-. The molecule has 2 aliphatic carbocycles. The number of nitrogens with one attached hydrogen (secondary N) is 1. The Morgan fingerprint density at radius 3 is 2.20 bits per heavy atom. The zero-order chi connectivity index (χ0) is 32.7. The highest BCUT2D eigenvalue weighted by molar-refractivity contribution is 7.92. The molecule has 2 atom stereocenters. The fourth-order valence-corrected chi connectivity index (χ4v) is 8.90. The van der Waals surface area contributed by atoms with Crippen LogP contribution in [0.1, 0.15) is 47.2 Å². The molecule has 3 aromatic carbocycles. The third-order valence-electron chi connectivity index (χ3n) is 8.05. The van der Waals surface area contributed by atoms with Crippen LogP contribution in [0.2, 0.25) is 5.02 Å². The molecule has 45 heavy (non-hydrogen) atoms. The fourth-order valence-electron chi connectivity index (χ4n) is 6.06. The number of anilines is 1. The van der Waals surface area contributed by atoms with Crippen LogP contribution in [0, 0.1) is 29.3 Å². The number of carbonyl (C=O) groups excluding carboxylic acids is 1. The van der Waals surface area contributed by atoms with Crippen LogP contribution in [0.3, 0.4) is 0 Å². The lowest BCUT2D eigenvalue weighted by Gasteiger charge is -2.38. The first-order valence-corrected chi connectivity index (χ1v) is 15.5. The van der Waals surface area contributed by atoms with E-state index in [-0.39, 0.29) is 40.6 Å². The van der Waals surface area contributed by atoms with Crippen molar-refractivity contribution >= 4 is 39.2 Å². The Morgan fingerprint density at radius 1 is 1.02 bits per heavy atom. The smallest absolute Gasteiger partial charge is 0.391 e. The highest BCUT2D eigenvalue weighted by Crippen LogP contribution is 2.51. The third-order valence-corrected chi connectivity index (χ3v) is 10.9. The molecule has 240 valence electrons. The Labute approximate surface area is 258 Å². The second-order valence-electron chi connectivity index (χ2n) is 11.2. The summed E-state index contributed by atoms with van der Waals surface area (Å²) in [5.41, 5.74) is -2.44. The number of nitrogens with zero attached hydrogens (tertiary/aromatic N) is 1. The van der Waals surface area contributed by atoms with E-state index >= 15 is 0 Å². The molecule has 3 aromatic rings. The summed E-state index contributed by atoms with van der Waals surface area (Å²) in [6.07, 6.45) is -2.28. The highest BCUT2D eigenvalue weighted by atomic mass is 35.5. The van der Waals surface area contributed by atoms with Crippen LogP contribution in [0.4, 0.5) is 32.0 Å². The number of alkyl halides is 3. The van der Waals surface area contributed by atoms with E-state index < -0.39 is 67.6 Å². The minimum atomic E-state index is -4.47. The first-order chi connectivity index (χ1) is 21.1. The quantitative estimate of drug-likeness (QED) is 0.117. The summed E-state index contributed by atoms with van der Waals surface area (Å²) < 4.78 is 106. The molecule has 2 bridgehead atoms. The van der Waals surface area contributed by atoms with E-state index in [2.05, 4.69) is 10.5 Å². The first kappa shape index (κ1) is 32.8. The van der Waals surface area contributed by atoms with Crippen molar-refractivity contribution in [2.75, 3.05) is 5.32 Å². The van der Waals surface area contributed by atoms with E-state index in [1.54, 1.807) is 0 Å². The van der Waals surface area contributed by atoms with E-state index in [9.17, 15) is 44.7 Å². The molecule has 0 heterocycles. The molecule has 0 saturated heterocycles. The number of aliphatic hydroxyl groups is 1. The summed E-state index contributed by atoms with van der Waals surface area (Å²) in [7, 11) is -4.15. The molecule has 0 spiro atoms. The van der Waals surface area contributed by atoms with Crippen molar-refractivity contribution in [1.82, 2.24) is 0 Å². The molecular formula is C30H25ClF6N2O5S. The molecule has 2 saturated carbocycles. The van der Waals surface area contributed by atoms with Gasteiger partial charge in [0, 0.05) is 23.4 Å². The second kappa shape index (κ2) is 12.3. The lowest BCUT2D eigenvalue weighted by atomic mass is 9.78. The number of halogens is 7. The van der Waals surface area contributed by atoms with E-state index in [4.69, 9.17) is 16.4 Å². The molecule has 15 heteroatoms. The number of oxime groups is 1. The van der Waals surface area contributed by atoms with Gasteiger partial charge in [-0.25, -0.2) is 21.6 Å². The molecule has 1 amide bonds. The summed E-state index contributed by atoms with van der Waals surface area (Å²) in [4.78, 5) is 17.6. The van der Waals surface area contributed by atoms with Crippen LogP contribution in [0.15, 0.2) is 64.6 Å². The number of amides is 1. The fraction of sp³-hybridized carbons (Fsp3) is 0.333. The number of carbonyl (C=O) groups is 1. The number of hydrogen-bond donors (Lipinski definition) is 2. The molecule has 2 aliphatic rings. The average Bonchev–Trinajstić information content (AvgIpc) is 3.27. The highest BCUT2D eigenvalue weighted by Gasteiger charge is 2.54. The minimum Gasteiger partial charge on any atom is -0.391 e. The largest absolute Gasteiger partial charge is 0.416 e. The van der Waals surface area contributed by atoms with Crippen LogP contribution in [-0.4, -0.2) is 36.5 Å². The van der Waals surface area contributed by atoms with Gasteiger partial charge < -0.3 is 15.3 Å². The summed E-state index contributed by atoms with van der Waals surface area (Å²) in [5.74, 6) is -6.67. The van der Waals surface area contributed by atoms with E-state index in [0.717, 1.165) is 18.2 Å². The van der Waals surface area contributed by atoms with Crippen LogP contribution in [0.5, 0.6) is 0 Å². The molecule has 0 aromatic heterocycles. The van der Waals surface area contributed by atoms with Crippen molar-refractivity contribution in [3.8, 4) is 0 Å². The Morgan fingerprint density at radius 2 is 1.62 bits per heavy atom. The lowest BCUT2D eigenvalue weighted by molar-refractivity contribution is -0.137. The molecule has 5 rings (SSSR count). The summed E-state index contributed by atoms with van der Waals surface area (Å²) in [6, 6.07) is 8.96. The molecule has 7 nitrogen and oxygen atoms in total. The molecule has 2 N–H and O–H groups in total. The normalized spacial score (nSPS) is 23.3. The van der Waals surface area contributed by atoms with E-state index in [1.165, 1.54) is 30.5 Å². The van der Waals surface area contributed by atoms with Gasteiger partial charge in [-0.2, -0.15) is 13.2 Å².